The Hall–Kier alpha value is -3.28. The maximum absolute atomic E-state index is 13.2. The summed E-state index contributed by atoms with van der Waals surface area (Å²) in [5, 5.41) is 0.754. The summed E-state index contributed by atoms with van der Waals surface area (Å²) >= 11 is 0. The molecule has 5 nitrogen and oxygen atoms in total. The second kappa shape index (κ2) is 6.12. The number of nitrogens with zero attached hydrogens (tertiary/aromatic N) is 2. The maximum atomic E-state index is 13.2. The molecule has 1 aliphatic rings. The molecule has 0 N–H and O–H groups in total. The third kappa shape index (κ3) is 2.41. The molecule has 1 aliphatic heterocycles. The van der Waals surface area contributed by atoms with Gasteiger partial charge in [-0.25, -0.2) is 4.39 Å². The Kier molecular flexibility index (Phi) is 3.96. The second-order valence-corrected chi connectivity index (χ2v) is 7.41. The topological polar surface area (TPSA) is 59.4 Å². The Balaban J connectivity index is 1.90. The number of amides is 2. The highest BCUT2D eigenvalue weighted by atomic mass is 19.1. The number of likely N-dealkylation sites (N-methyl/N-ethyl adjacent to an activating group) is 1. The van der Waals surface area contributed by atoms with Crippen molar-refractivity contribution in [2.45, 2.75) is 18.8 Å². The highest BCUT2D eigenvalue weighted by Crippen LogP contribution is 2.42. The number of carbonyl (C=O) groups excluding carboxylic acids is 3. The lowest BCUT2D eigenvalue weighted by Gasteiger charge is -2.37. The van der Waals surface area contributed by atoms with E-state index in [1.807, 2.05) is 28.8 Å². The molecule has 6 heteroatoms. The van der Waals surface area contributed by atoms with Gasteiger partial charge in [-0.2, -0.15) is 0 Å². The molecule has 4 rings (SSSR count). The number of Topliss-reactive ketones (excluding diaryl/α,β-unsaturated/α-hetero) is 1. The zero-order valence-electron chi connectivity index (χ0n) is 15.8. The van der Waals surface area contributed by atoms with Crippen LogP contribution >= 0.6 is 0 Å². The van der Waals surface area contributed by atoms with Crippen LogP contribution in [0.1, 0.15) is 39.8 Å². The molecule has 142 valence electrons. The summed E-state index contributed by atoms with van der Waals surface area (Å²) in [7, 11) is 3.24. The average molecular weight is 378 g/mol. The summed E-state index contributed by atoms with van der Waals surface area (Å²) in [5.41, 5.74) is 0.934. The second-order valence-electron chi connectivity index (χ2n) is 7.41. The van der Waals surface area contributed by atoms with E-state index in [9.17, 15) is 18.8 Å². The first-order valence-electron chi connectivity index (χ1n) is 8.95. The monoisotopic (exact) mass is 378 g/mol. The molecule has 0 saturated carbocycles. The van der Waals surface area contributed by atoms with Crippen molar-refractivity contribution in [2.75, 3.05) is 7.05 Å². The van der Waals surface area contributed by atoms with Gasteiger partial charge >= 0.3 is 0 Å². The zero-order valence-corrected chi connectivity index (χ0v) is 15.8. The van der Waals surface area contributed by atoms with Crippen molar-refractivity contribution in [1.82, 2.24) is 9.47 Å². The Labute approximate surface area is 161 Å². The summed E-state index contributed by atoms with van der Waals surface area (Å²) in [6.45, 7) is 1.69. The minimum atomic E-state index is -1.21. The van der Waals surface area contributed by atoms with Gasteiger partial charge in [-0.1, -0.05) is 18.2 Å². The van der Waals surface area contributed by atoms with Gasteiger partial charge in [0.2, 0.25) is 5.91 Å². The number of aromatic nitrogens is 1. The third-order valence-corrected chi connectivity index (χ3v) is 5.61. The van der Waals surface area contributed by atoms with Gasteiger partial charge in [0.05, 0.1) is 11.0 Å². The summed E-state index contributed by atoms with van der Waals surface area (Å²) in [4.78, 5) is 40.1. The van der Waals surface area contributed by atoms with E-state index in [1.54, 1.807) is 14.0 Å². The lowest BCUT2D eigenvalue weighted by molar-refractivity contribution is -0.133. The van der Waals surface area contributed by atoms with E-state index in [4.69, 9.17) is 0 Å². The highest BCUT2D eigenvalue weighted by Gasteiger charge is 2.50. The summed E-state index contributed by atoms with van der Waals surface area (Å²) in [6, 6.07) is 12.7. The Bertz CT molecular complexity index is 1150. The molecule has 2 aromatic carbocycles. The molecule has 0 spiro atoms. The van der Waals surface area contributed by atoms with Crippen LogP contribution < -0.4 is 0 Å². The van der Waals surface area contributed by atoms with Crippen molar-refractivity contribution >= 4 is 28.5 Å². The van der Waals surface area contributed by atoms with Gasteiger partial charge in [-0.05, 0) is 37.3 Å². The minimum absolute atomic E-state index is 0.119. The van der Waals surface area contributed by atoms with Crippen molar-refractivity contribution in [2.24, 2.45) is 7.05 Å². The van der Waals surface area contributed by atoms with Gasteiger partial charge in [0, 0.05) is 42.7 Å². The number of carbonyl (C=O) groups is 3. The van der Waals surface area contributed by atoms with E-state index in [2.05, 4.69) is 0 Å². The lowest BCUT2D eigenvalue weighted by atomic mass is 9.75. The van der Waals surface area contributed by atoms with E-state index < -0.39 is 17.1 Å². The number of imide groups is 1. The number of fused-ring (bicyclic) bond motifs is 3. The highest BCUT2D eigenvalue weighted by molar-refractivity contribution is 6.20. The van der Waals surface area contributed by atoms with Crippen LogP contribution in [0.5, 0.6) is 0 Å². The van der Waals surface area contributed by atoms with Crippen LogP contribution in [0, 0.1) is 5.82 Å². The molecule has 0 saturated heterocycles. The number of ketones is 1. The molecule has 1 atom stereocenters. The van der Waals surface area contributed by atoms with Crippen molar-refractivity contribution in [3.8, 4) is 0 Å². The normalized spacial score (nSPS) is 19.2. The average Bonchev–Trinajstić information content (AvgIpc) is 2.99. The smallest absolute Gasteiger partial charge is 0.262 e. The molecule has 1 aromatic heterocycles. The lowest BCUT2D eigenvalue weighted by Crippen LogP contribution is -2.52. The fraction of sp³-hybridized carbons (Fsp3) is 0.227. The third-order valence-electron chi connectivity index (χ3n) is 5.61. The molecule has 0 fully saturated rings. The first-order valence-corrected chi connectivity index (χ1v) is 8.95. The minimum Gasteiger partial charge on any atom is -0.346 e. The fourth-order valence-electron chi connectivity index (χ4n) is 4.21. The van der Waals surface area contributed by atoms with Crippen LogP contribution in [0.2, 0.25) is 0 Å². The first kappa shape index (κ1) is 18.1. The van der Waals surface area contributed by atoms with E-state index in [0.29, 0.717) is 16.8 Å². The Morgan fingerprint density at radius 3 is 2.36 bits per heavy atom. The SMILES string of the molecule is CN1C(=O)c2c(n(C)c3ccccc23)C(C)(CC(=O)c2ccc(F)cc2)C1=O. The van der Waals surface area contributed by atoms with Crippen LogP contribution in [-0.2, 0) is 17.3 Å². The maximum Gasteiger partial charge on any atom is 0.262 e. The van der Waals surface area contributed by atoms with E-state index >= 15 is 0 Å². The molecule has 0 radical (unpaired) electrons. The standard InChI is InChI=1S/C22H19FN2O3/c1-22(12-17(26)13-8-10-14(23)11-9-13)19-18(20(27)25(3)21(22)28)15-6-4-5-7-16(15)24(19)2/h4-11H,12H2,1-3H3. The van der Waals surface area contributed by atoms with Gasteiger partial charge in [0.1, 0.15) is 5.82 Å². The van der Waals surface area contributed by atoms with Gasteiger partial charge in [0.25, 0.3) is 5.91 Å². The number of benzene rings is 2. The van der Waals surface area contributed by atoms with Crippen LogP contribution in [0.25, 0.3) is 10.9 Å². The van der Waals surface area contributed by atoms with E-state index in [-0.39, 0.29) is 18.1 Å². The number of hydrogen-bond acceptors (Lipinski definition) is 3. The predicted octanol–water partition coefficient (Wildman–Crippen LogP) is 3.46. The van der Waals surface area contributed by atoms with Crippen LogP contribution in [0.3, 0.4) is 0 Å². The number of aryl methyl sites for hydroxylation is 1. The predicted molar refractivity (Wildman–Crippen MR) is 103 cm³/mol. The van der Waals surface area contributed by atoms with Gasteiger partial charge in [-0.15, -0.1) is 0 Å². The molecule has 2 amide bonds. The summed E-state index contributed by atoms with van der Waals surface area (Å²) in [6.07, 6.45) is -0.119. The zero-order chi connectivity index (χ0) is 20.2. The van der Waals surface area contributed by atoms with Crippen LogP contribution in [-0.4, -0.2) is 34.1 Å². The van der Waals surface area contributed by atoms with Gasteiger partial charge < -0.3 is 4.57 Å². The molecular weight excluding hydrogens is 359 g/mol. The number of hydrogen-bond donors (Lipinski definition) is 0. The molecule has 3 aromatic rings. The van der Waals surface area contributed by atoms with E-state index in [0.717, 1.165) is 15.8 Å². The molecule has 0 aliphatic carbocycles. The Morgan fingerprint density at radius 1 is 1.04 bits per heavy atom. The number of halogens is 1. The van der Waals surface area contributed by atoms with Crippen molar-refractivity contribution in [3.63, 3.8) is 0 Å². The first-order chi connectivity index (χ1) is 13.3. The fourth-order valence-corrected chi connectivity index (χ4v) is 4.21. The summed E-state index contributed by atoms with van der Waals surface area (Å²) < 4.78 is 15.0. The van der Waals surface area contributed by atoms with Crippen molar-refractivity contribution < 1.29 is 18.8 Å². The molecule has 0 bridgehead atoms. The number of para-hydroxylation sites is 1. The quantitative estimate of drug-likeness (QED) is 0.518. The molecule has 28 heavy (non-hydrogen) atoms. The number of rotatable bonds is 3. The molecule has 2 heterocycles. The van der Waals surface area contributed by atoms with Gasteiger partial charge in [0.15, 0.2) is 5.78 Å². The largest absolute Gasteiger partial charge is 0.346 e. The molecule has 1 unspecified atom stereocenters. The summed E-state index contributed by atoms with van der Waals surface area (Å²) in [5.74, 6) is -1.51. The van der Waals surface area contributed by atoms with Gasteiger partial charge in [-0.3, -0.25) is 19.3 Å². The van der Waals surface area contributed by atoms with Crippen molar-refractivity contribution in [1.29, 1.82) is 0 Å². The molecular formula is C22H19FN2O3. The van der Waals surface area contributed by atoms with Crippen LogP contribution in [0.15, 0.2) is 48.5 Å². The van der Waals surface area contributed by atoms with E-state index in [1.165, 1.54) is 31.3 Å². The Morgan fingerprint density at radius 2 is 1.68 bits per heavy atom. The van der Waals surface area contributed by atoms with Crippen LogP contribution in [0.4, 0.5) is 4.39 Å². The van der Waals surface area contributed by atoms with Crippen molar-refractivity contribution in [3.05, 3.63) is 71.2 Å².